The van der Waals surface area contributed by atoms with Gasteiger partial charge in [0.25, 0.3) is 11.8 Å². The second-order valence-corrected chi connectivity index (χ2v) is 5.72. The number of β-amino-alcohol motifs (C(OH)–C–C–N with tert-alkyl or cyclic N) is 1. The molecule has 2 aromatic rings. The molecule has 1 aliphatic heterocycles. The van der Waals surface area contributed by atoms with E-state index in [1.54, 1.807) is 19.1 Å². The molecule has 26 heavy (non-hydrogen) atoms. The SMILES string of the molecule is CC1=C(C#N)C(=O)N(CCO)C(=O)/C1=C/c1ccc(-c2ccccc2)o1. The second kappa shape index (κ2) is 7.21. The number of nitriles is 1. The van der Waals surface area contributed by atoms with Crippen molar-refractivity contribution in [2.75, 3.05) is 13.2 Å². The highest BCUT2D eigenvalue weighted by Crippen LogP contribution is 2.29. The Morgan fingerprint density at radius 3 is 2.54 bits per heavy atom. The molecule has 2 heterocycles. The second-order valence-electron chi connectivity index (χ2n) is 5.72. The Morgan fingerprint density at radius 1 is 1.15 bits per heavy atom. The van der Waals surface area contributed by atoms with Gasteiger partial charge in [-0.2, -0.15) is 5.26 Å². The van der Waals surface area contributed by atoms with Crippen LogP contribution in [0.3, 0.4) is 0 Å². The highest BCUT2D eigenvalue weighted by atomic mass is 16.3. The number of benzene rings is 1. The van der Waals surface area contributed by atoms with Crippen molar-refractivity contribution in [1.29, 1.82) is 5.26 Å². The normalized spacial score (nSPS) is 16.3. The van der Waals surface area contributed by atoms with Crippen LogP contribution in [0.15, 0.2) is 63.6 Å². The number of hydrogen-bond acceptors (Lipinski definition) is 5. The zero-order valence-electron chi connectivity index (χ0n) is 14.1. The van der Waals surface area contributed by atoms with Crippen LogP contribution < -0.4 is 0 Å². The summed E-state index contributed by atoms with van der Waals surface area (Å²) in [7, 11) is 0. The fourth-order valence-corrected chi connectivity index (χ4v) is 2.76. The van der Waals surface area contributed by atoms with Crippen LogP contribution in [0.4, 0.5) is 0 Å². The Hall–Kier alpha value is -3.43. The van der Waals surface area contributed by atoms with Crippen LogP contribution in [0.1, 0.15) is 12.7 Å². The molecule has 0 radical (unpaired) electrons. The number of imide groups is 1. The molecule has 0 unspecified atom stereocenters. The van der Waals surface area contributed by atoms with Gasteiger partial charge >= 0.3 is 0 Å². The molecule has 6 heteroatoms. The standard InChI is InChI=1S/C20H16N2O4/c1-13-16(19(24)22(9-10-23)20(25)17(13)12-21)11-15-7-8-18(26-15)14-5-3-2-4-6-14/h2-8,11,23H,9-10H2,1H3/b16-11+. The van der Waals surface area contributed by atoms with Gasteiger partial charge in [0.1, 0.15) is 23.2 Å². The molecule has 0 aliphatic carbocycles. The maximum atomic E-state index is 12.6. The summed E-state index contributed by atoms with van der Waals surface area (Å²) in [6.45, 7) is 1.01. The topological polar surface area (TPSA) is 94.5 Å². The number of aliphatic hydroxyl groups excluding tert-OH is 1. The van der Waals surface area contributed by atoms with Crippen LogP contribution in [0.5, 0.6) is 0 Å². The van der Waals surface area contributed by atoms with E-state index >= 15 is 0 Å². The van der Waals surface area contributed by atoms with Gasteiger partial charge in [-0.15, -0.1) is 0 Å². The number of carbonyl (C=O) groups excluding carboxylic acids is 2. The summed E-state index contributed by atoms with van der Waals surface area (Å²) in [6, 6.07) is 14.8. The van der Waals surface area contributed by atoms with Crippen LogP contribution in [-0.2, 0) is 9.59 Å². The molecule has 1 aromatic heterocycles. The molecular formula is C20H16N2O4. The van der Waals surface area contributed by atoms with Gasteiger partial charge in [-0.1, -0.05) is 30.3 Å². The lowest BCUT2D eigenvalue weighted by Crippen LogP contribution is -2.44. The summed E-state index contributed by atoms with van der Waals surface area (Å²) < 4.78 is 5.77. The predicted molar refractivity (Wildman–Crippen MR) is 94.2 cm³/mol. The van der Waals surface area contributed by atoms with E-state index < -0.39 is 11.8 Å². The van der Waals surface area contributed by atoms with Crippen molar-refractivity contribution in [3.05, 3.63) is 64.9 Å². The van der Waals surface area contributed by atoms with E-state index in [0.29, 0.717) is 17.1 Å². The van der Waals surface area contributed by atoms with Crippen LogP contribution in [0.2, 0.25) is 0 Å². The number of furan rings is 1. The van der Waals surface area contributed by atoms with Crippen molar-refractivity contribution in [2.45, 2.75) is 6.92 Å². The molecule has 1 aliphatic rings. The monoisotopic (exact) mass is 348 g/mol. The van der Waals surface area contributed by atoms with Gasteiger partial charge in [0.15, 0.2) is 0 Å². The molecule has 0 saturated heterocycles. The van der Waals surface area contributed by atoms with Crippen molar-refractivity contribution in [3.63, 3.8) is 0 Å². The predicted octanol–water partition coefficient (Wildman–Crippen LogP) is 2.53. The van der Waals surface area contributed by atoms with E-state index in [9.17, 15) is 14.9 Å². The van der Waals surface area contributed by atoms with Gasteiger partial charge in [-0.05, 0) is 30.7 Å². The maximum Gasteiger partial charge on any atom is 0.271 e. The van der Waals surface area contributed by atoms with Crippen molar-refractivity contribution in [1.82, 2.24) is 4.90 Å². The maximum absolute atomic E-state index is 12.6. The first-order chi connectivity index (χ1) is 12.6. The first kappa shape index (κ1) is 17.4. The Kier molecular flexibility index (Phi) is 4.83. The fraction of sp³-hybridized carbons (Fsp3) is 0.150. The molecule has 0 bridgehead atoms. The minimum Gasteiger partial charge on any atom is -0.457 e. The zero-order chi connectivity index (χ0) is 18.7. The number of aliphatic hydroxyl groups is 1. The van der Waals surface area contributed by atoms with Gasteiger partial charge in [0.05, 0.1) is 13.2 Å². The quantitative estimate of drug-likeness (QED) is 0.677. The van der Waals surface area contributed by atoms with Crippen LogP contribution in [-0.4, -0.2) is 35.0 Å². The lowest BCUT2D eigenvalue weighted by molar-refractivity contribution is -0.140. The van der Waals surface area contributed by atoms with Crippen molar-refractivity contribution in [2.24, 2.45) is 0 Å². The van der Waals surface area contributed by atoms with Crippen molar-refractivity contribution < 1.29 is 19.1 Å². The highest BCUT2D eigenvalue weighted by Gasteiger charge is 2.35. The number of nitrogens with zero attached hydrogens (tertiary/aromatic N) is 2. The molecule has 130 valence electrons. The van der Waals surface area contributed by atoms with Gasteiger partial charge < -0.3 is 9.52 Å². The third-order valence-electron chi connectivity index (χ3n) is 4.12. The third-order valence-corrected chi connectivity index (χ3v) is 4.12. The number of hydrogen-bond donors (Lipinski definition) is 1. The molecule has 0 fully saturated rings. The molecular weight excluding hydrogens is 332 g/mol. The number of amides is 2. The fourth-order valence-electron chi connectivity index (χ4n) is 2.76. The Bertz CT molecular complexity index is 961. The van der Waals surface area contributed by atoms with Gasteiger partial charge in [0, 0.05) is 11.1 Å². The molecule has 6 nitrogen and oxygen atoms in total. The Morgan fingerprint density at radius 2 is 1.88 bits per heavy atom. The van der Waals surface area contributed by atoms with E-state index in [4.69, 9.17) is 9.52 Å². The van der Waals surface area contributed by atoms with Gasteiger partial charge in [-0.3, -0.25) is 14.5 Å². The summed E-state index contributed by atoms with van der Waals surface area (Å²) in [6.07, 6.45) is 1.51. The van der Waals surface area contributed by atoms with Crippen LogP contribution >= 0.6 is 0 Å². The molecule has 3 rings (SSSR count). The number of carbonyl (C=O) groups is 2. The molecule has 1 N–H and O–H groups in total. The van der Waals surface area contributed by atoms with Gasteiger partial charge in [0.2, 0.25) is 0 Å². The molecule has 0 saturated carbocycles. The highest BCUT2D eigenvalue weighted by molar-refractivity contribution is 6.19. The average molecular weight is 348 g/mol. The Labute approximate surface area is 150 Å². The average Bonchev–Trinajstić information content (AvgIpc) is 3.12. The lowest BCUT2D eigenvalue weighted by atomic mass is 9.95. The van der Waals surface area contributed by atoms with E-state index in [-0.39, 0.29) is 24.3 Å². The van der Waals surface area contributed by atoms with Crippen molar-refractivity contribution >= 4 is 17.9 Å². The largest absolute Gasteiger partial charge is 0.457 e. The van der Waals surface area contributed by atoms with E-state index in [2.05, 4.69) is 0 Å². The number of rotatable bonds is 4. The molecule has 0 atom stereocenters. The molecule has 1 aromatic carbocycles. The summed E-state index contributed by atoms with van der Waals surface area (Å²) in [5.41, 5.74) is 1.28. The zero-order valence-corrected chi connectivity index (χ0v) is 14.1. The van der Waals surface area contributed by atoms with E-state index in [0.717, 1.165) is 10.5 Å². The van der Waals surface area contributed by atoms with Crippen LogP contribution in [0.25, 0.3) is 17.4 Å². The van der Waals surface area contributed by atoms with Gasteiger partial charge in [-0.25, -0.2) is 0 Å². The smallest absolute Gasteiger partial charge is 0.271 e. The minimum absolute atomic E-state index is 0.112. The molecule has 0 spiro atoms. The summed E-state index contributed by atoms with van der Waals surface area (Å²) in [5.74, 6) is -0.169. The molecule has 2 amide bonds. The van der Waals surface area contributed by atoms with E-state index in [1.165, 1.54) is 6.08 Å². The summed E-state index contributed by atoms with van der Waals surface area (Å²) >= 11 is 0. The third kappa shape index (κ3) is 3.08. The summed E-state index contributed by atoms with van der Waals surface area (Å²) in [5, 5.41) is 18.4. The van der Waals surface area contributed by atoms with Crippen LogP contribution in [0, 0.1) is 11.3 Å². The van der Waals surface area contributed by atoms with Crippen molar-refractivity contribution in [3.8, 4) is 17.4 Å². The first-order valence-corrected chi connectivity index (χ1v) is 8.02. The minimum atomic E-state index is -0.689. The van der Waals surface area contributed by atoms with E-state index in [1.807, 2.05) is 36.4 Å². The summed E-state index contributed by atoms with van der Waals surface area (Å²) in [4.78, 5) is 25.7. The first-order valence-electron chi connectivity index (χ1n) is 8.02. The lowest BCUT2D eigenvalue weighted by Gasteiger charge is -2.26. The Balaban J connectivity index is 2.03.